The molecule has 0 bridgehead atoms. The molecule has 0 saturated heterocycles. The molecule has 0 N–H and O–H groups in total. The molecule has 184 valence electrons. The van der Waals surface area contributed by atoms with Crippen molar-refractivity contribution in [3.8, 4) is 0 Å². The molecule has 0 unspecified atom stereocenters. The van der Waals surface area contributed by atoms with Gasteiger partial charge < -0.3 is 4.84 Å². The molecule has 37 heavy (non-hydrogen) atoms. The summed E-state index contributed by atoms with van der Waals surface area (Å²) in [5, 5.41) is 4.84. The Labute approximate surface area is 221 Å². The maximum Gasteiger partial charge on any atom is 0.261 e. The van der Waals surface area contributed by atoms with Crippen molar-refractivity contribution in [3.63, 3.8) is 0 Å². The lowest BCUT2D eigenvalue weighted by molar-refractivity contribution is 0.0224. The molecule has 3 aromatic rings. The van der Waals surface area contributed by atoms with Gasteiger partial charge >= 0.3 is 0 Å². The molecule has 3 heterocycles. The number of carbonyl (C=O) groups excluding carboxylic acids is 4. The van der Waals surface area contributed by atoms with Crippen molar-refractivity contribution in [2.75, 3.05) is 13.1 Å². The summed E-state index contributed by atoms with van der Waals surface area (Å²) in [6, 6.07) is 18.1. The largest absolute Gasteiger partial charge is 0.390 e. The van der Waals surface area contributed by atoms with Gasteiger partial charge in [0.05, 0.1) is 50.5 Å². The third-order valence-electron chi connectivity index (χ3n) is 6.80. The maximum atomic E-state index is 13.1. The first-order chi connectivity index (χ1) is 17.9. The van der Waals surface area contributed by atoms with Gasteiger partial charge in [0.1, 0.15) is 0 Å². The molecule has 0 saturated carbocycles. The second-order valence-corrected chi connectivity index (χ2v) is 9.67. The summed E-state index contributed by atoms with van der Waals surface area (Å²) < 4.78 is 0. The monoisotopic (exact) mass is 533 g/mol. The Balaban J connectivity index is 1.35. The zero-order valence-corrected chi connectivity index (χ0v) is 20.6. The fraction of sp³-hybridized carbons (Fsp3) is 0.148. The molecule has 4 amide bonds. The molecule has 6 rings (SSSR count). The Morgan fingerprint density at radius 3 is 1.54 bits per heavy atom. The van der Waals surface area contributed by atoms with Crippen LogP contribution in [0.25, 0.3) is 0 Å². The van der Waals surface area contributed by atoms with Crippen LogP contribution in [0.5, 0.6) is 0 Å². The van der Waals surface area contributed by atoms with E-state index < -0.39 is 35.7 Å². The summed E-state index contributed by atoms with van der Waals surface area (Å²) in [5.41, 5.74) is 1.94. The van der Waals surface area contributed by atoms with Gasteiger partial charge in [-0.05, 0) is 36.4 Å². The molecule has 3 aromatic carbocycles. The molecule has 0 radical (unpaired) electrons. The summed E-state index contributed by atoms with van der Waals surface area (Å²) in [4.78, 5) is 60.2. The molecule has 0 fully saturated rings. The van der Waals surface area contributed by atoms with Gasteiger partial charge in [-0.2, -0.15) is 0 Å². The average molecular weight is 534 g/mol. The van der Waals surface area contributed by atoms with Crippen LogP contribution in [0.4, 0.5) is 0 Å². The third-order valence-corrected chi connectivity index (χ3v) is 7.43. The van der Waals surface area contributed by atoms with Crippen LogP contribution < -0.4 is 0 Å². The molecule has 0 aliphatic carbocycles. The number of benzene rings is 3. The Morgan fingerprint density at radius 1 is 0.649 bits per heavy atom. The van der Waals surface area contributed by atoms with Crippen LogP contribution in [-0.2, 0) is 4.84 Å². The van der Waals surface area contributed by atoms with E-state index in [4.69, 9.17) is 28.0 Å². The van der Waals surface area contributed by atoms with Gasteiger partial charge in [0.25, 0.3) is 23.6 Å². The highest BCUT2D eigenvalue weighted by Gasteiger charge is 2.46. The second-order valence-electron chi connectivity index (χ2n) is 8.86. The van der Waals surface area contributed by atoms with Crippen molar-refractivity contribution in [2.45, 2.75) is 6.10 Å². The summed E-state index contributed by atoms with van der Waals surface area (Å²) in [6.45, 7) is -0.254. The molecule has 2 atom stereocenters. The van der Waals surface area contributed by atoms with E-state index in [2.05, 4.69) is 5.16 Å². The molecular weight excluding hydrogens is 517 g/mol. The number of hydrogen-bond acceptors (Lipinski definition) is 6. The Hall–Kier alpha value is -4.01. The highest BCUT2D eigenvalue weighted by atomic mass is 35.5. The average Bonchev–Trinajstić information content (AvgIpc) is 3.48. The molecule has 8 nitrogen and oxygen atoms in total. The van der Waals surface area contributed by atoms with E-state index >= 15 is 0 Å². The number of hydrogen-bond donors (Lipinski definition) is 0. The second kappa shape index (κ2) is 8.83. The highest BCUT2D eigenvalue weighted by Crippen LogP contribution is 2.35. The highest BCUT2D eigenvalue weighted by molar-refractivity contribution is 6.40. The normalized spacial score (nSPS) is 20.3. The molecule has 0 aromatic heterocycles. The summed E-state index contributed by atoms with van der Waals surface area (Å²) >= 11 is 12.9. The predicted molar refractivity (Wildman–Crippen MR) is 135 cm³/mol. The van der Waals surface area contributed by atoms with E-state index in [1.807, 2.05) is 0 Å². The lowest BCUT2D eigenvalue weighted by Crippen LogP contribution is -2.46. The minimum absolute atomic E-state index is 0.111. The zero-order valence-electron chi connectivity index (χ0n) is 19.1. The van der Waals surface area contributed by atoms with Crippen molar-refractivity contribution in [1.82, 2.24) is 9.80 Å². The Bertz CT molecular complexity index is 1460. The molecular formula is C27H17Cl2N3O5. The van der Waals surface area contributed by atoms with Crippen molar-refractivity contribution < 1.29 is 24.0 Å². The number of halogens is 2. The first-order valence-electron chi connectivity index (χ1n) is 11.5. The zero-order chi connectivity index (χ0) is 25.8. The SMILES string of the molecule is O=C1c2ccccc2C(=O)N1C[C@H]1ON=C(c2c(Cl)cccc2Cl)[C@@H]1CN1C(=O)c2ccccc2C1=O. The minimum Gasteiger partial charge on any atom is -0.390 e. The van der Waals surface area contributed by atoms with Gasteiger partial charge in [-0.3, -0.25) is 29.0 Å². The number of imide groups is 2. The number of amides is 4. The van der Waals surface area contributed by atoms with Crippen molar-refractivity contribution in [1.29, 1.82) is 0 Å². The van der Waals surface area contributed by atoms with E-state index in [1.165, 1.54) is 0 Å². The van der Waals surface area contributed by atoms with E-state index in [9.17, 15) is 19.2 Å². The summed E-state index contributed by atoms with van der Waals surface area (Å²) in [5.74, 6) is -2.52. The lowest BCUT2D eigenvalue weighted by atomic mass is 9.91. The minimum atomic E-state index is -0.853. The molecule has 0 spiro atoms. The fourth-order valence-corrected chi connectivity index (χ4v) is 5.56. The smallest absolute Gasteiger partial charge is 0.261 e. The molecule has 3 aliphatic heterocycles. The topological polar surface area (TPSA) is 96.3 Å². The van der Waals surface area contributed by atoms with Gasteiger partial charge in [-0.25, -0.2) is 0 Å². The number of carbonyl (C=O) groups is 4. The number of nitrogens with zero attached hydrogens (tertiary/aromatic N) is 3. The Morgan fingerprint density at radius 2 is 1.08 bits per heavy atom. The first-order valence-corrected chi connectivity index (χ1v) is 12.2. The molecule has 3 aliphatic rings. The van der Waals surface area contributed by atoms with Crippen LogP contribution >= 0.6 is 23.2 Å². The van der Waals surface area contributed by atoms with Gasteiger partial charge in [0, 0.05) is 12.1 Å². The standard InChI is InChI=1S/C27H17Cl2N3O5/c28-19-10-5-11-20(29)22(19)23-18(12-31-24(33)14-6-1-2-7-15(14)25(31)34)21(37-30-23)13-32-26(35)16-8-3-4-9-17(16)27(32)36/h1-11,18,21H,12-13H2/t18-,21-/m1/s1. The van der Waals surface area contributed by atoms with E-state index in [-0.39, 0.29) is 13.1 Å². The van der Waals surface area contributed by atoms with Gasteiger partial charge in [-0.15, -0.1) is 0 Å². The predicted octanol–water partition coefficient (Wildman–Crippen LogP) is 4.30. The Kier molecular flexibility index (Phi) is 5.58. The molecule has 10 heteroatoms. The van der Waals surface area contributed by atoms with E-state index in [1.54, 1.807) is 66.7 Å². The van der Waals surface area contributed by atoms with Gasteiger partial charge in [-0.1, -0.05) is 58.7 Å². The first kappa shape index (κ1) is 23.4. The van der Waals surface area contributed by atoms with Crippen molar-refractivity contribution in [3.05, 3.63) is 105 Å². The van der Waals surface area contributed by atoms with Gasteiger partial charge in [0.2, 0.25) is 0 Å². The fourth-order valence-electron chi connectivity index (χ4n) is 4.97. The third kappa shape index (κ3) is 3.63. The van der Waals surface area contributed by atoms with Crippen LogP contribution in [0.3, 0.4) is 0 Å². The number of rotatable bonds is 5. The quantitative estimate of drug-likeness (QED) is 0.455. The van der Waals surface area contributed by atoms with E-state index in [0.29, 0.717) is 43.6 Å². The van der Waals surface area contributed by atoms with Crippen LogP contribution in [0.2, 0.25) is 10.0 Å². The summed E-state index contributed by atoms with van der Waals surface area (Å²) in [7, 11) is 0. The van der Waals surface area contributed by atoms with Crippen LogP contribution in [0.1, 0.15) is 47.0 Å². The number of fused-ring (bicyclic) bond motifs is 2. The van der Waals surface area contributed by atoms with Gasteiger partial charge in [0.15, 0.2) is 6.10 Å². The van der Waals surface area contributed by atoms with Crippen molar-refractivity contribution >= 4 is 52.5 Å². The van der Waals surface area contributed by atoms with Crippen LogP contribution in [0, 0.1) is 5.92 Å². The van der Waals surface area contributed by atoms with Crippen LogP contribution in [0.15, 0.2) is 71.9 Å². The maximum absolute atomic E-state index is 13.1. The lowest BCUT2D eigenvalue weighted by Gasteiger charge is -2.26. The summed E-state index contributed by atoms with van der Waals surface area (Å²) in [6.07, 6.45) is -0.853. The van der Waals surface area contributed by atoms with E-state index in [0.717, 1.165) is 9.80 Å². The van der Waals surface area contributed by atoms with Crippen molar-refractivity contribution in [2.24, 2.45) is 11.1 Å². The van der Waals surface area contributed by atoms with Crippen LogP contribution in [-0.4, -0.2) is 58.3 Å². The number of oxime groups is 1.